The van der Waals surface area contributed by atoms with Crippen molar-refractivity contribution in [1.29, 1.82) is 0 Å². The Balaban J connectivity index is 1.01. The molecule has 2 aromatic carbocycles. The zero-order chi connectivity index (χ0) is 23.6. The summed E-state index contributed by atoms with van der Waals surface area (Å²) in [7, 11) is 0. The van der Waals surface area contributed by atoms with Crippen molar-refractivity contribution >= 4 is 40.5 Å². The molecule has 0 aliphatic carbocycles. The van der Waals surface area contributed by atoms with Gasteiger partial charge in [0.2, 0.25) is 5.91 Å². The van der Waals surface area contributed by atoms with E-state index in [0.29, 0.717) is 6.54 Å². The number of nitrogens with one attached hydrogen (secondary N) is 1. The standard InChI is InChI=1S/C26H27N7OS/c34-26(19-12-16-31(17-13-19)25-11-10-24-29-28-18-33(24)30-25)27-14-5-15-32-20-6-1-3-8-22(20)35-23-9-4-2-7-21(23)32/h1-4,6-11,18-19H,5,12-17H2,(H,27,34). The van der Waals surface area contributed by atoms with Gasteiger partial charge >= 0.3 is 0 Å². The number of carbonyl (C=O) groups is 1. The van der Waals surface area contributed by atoms with E-state index in [-0.39, 0.29) is 11.8 Å². The Hall–Kier alpha value is -3.59. The summed E-state index contributed by atoms with van der Waals surface area (Å²) < 4.78 is 1.69. The molecule has 0 spiro atoms. The largest absolute Gasteiger partial charge is 0.356 e. The highest BCUT2D eigenvalue weighted by molar-refractivity contribution is 7.99. The van der Waals surface area contributed by atoms with Gasteiger partial charge in [0.1, 0.15) is 12.1 Å². The minimum absolute atomic E-state index is 0.0535. The summed E-state index contributed by atoms with van der Waals surface area (Å²) in [5.41, 5.74) is 3.22. The van der Waals surface area contributed by atoms with Crippen LogP contribution in [0.1, 0.15) is 19.3 Å². The third-order valence-corrected chi connectivity index (χ3v) is 7.86. The Morgan fingerprint density at radius 2 is 1.69 bits per heavy atom. The van der Waals surface area contributed by atoms with Crippen molar-refractivity contribution in [1.82, 2.24) is 25.1 Å². The molecule has 0 atom stereocenters. The minimum Gasteiger partial charge on any atom is -0.356 e. The highest BCUT2D eigenvalue weighted by Crippen LogP contribution is 2.47. The van der Waals surface area contributed by atoms with Crippen molar-refractivity contribution in [3.05, 3.63) is 67.0 Å². The highest BCUT2D eigenvalue weighted by Gasteiger charge is 2.26. The summed E-state index contributed by atoms with van der Waals surface area (Å²) in [5, 5.41) is 15.7. The van der Waals surface area contributed by atoms with Gasteiger partial charge in [0.25, 0.3) is 0 Å². The molecule has 8 nitrogen and oxygen atoms in total. The lowest BCUT2D eigenvalue weighted by atomic mass is 9.96. The Labute approximate surface area is 208 Å². The van der Waals surface area contributed by atoms with Gasteiger partial charge in [-0.05, 0) is 55.7 Å². The molecule has 6 rings (SSSR count). The lowest BCUT2D eigenvalue weighted by molar-refractivity contribution is -0.125. The van der Waals surface area contributed by atoms with Crippen molar-refractivity contribution in [2.45, 2.75) is 29.1 Å². The van der Waals surface area contributed by atoms with Crippen LogP contribution in [0.25, 0.3) is 5.65 Å². The molecule has 35 heavy (non-hydrogen) atoms. The van der Waals surface area contributed by atoms with E-state index < -0.39 is 0 Å². The molecular formula is C26H27N7OS. The SMILES string of the molecule is O=C(NCCCN1c2ccccc2Sc2ccccc21)C1CCN(c2ccc3nncn3n2)CC1. The number of piperidine rings is 1. The number of benzene rings is 2. The smallest absolute Gasteiger partial charge is 0.223 e. The lowest BCUT2D eigenvalue weighted by Gasteiger charge is -2.33. The number of anilines is 3. The van der Waals surface area contributed by atoms with E-state index >= 15 is 0 Å². The second-order valence-corrected chi connectivity index (χ2v) is 10.0. The first-order chi connectivity index (χ1) is 17.3. The monoisotopic (exact) mass is 485 g/mol. The second-order valence-electron chi connectivity index (χ2n) is 8.92. The maximum absolute atomic E-state index is 12.8. The average molecular weight is 486 g/mol. The van der Waals surface area contributed by atoms with Crippen molar-refractivity contribution in [2.24, 2.45) is 5.92 Å². The number of hydrogen-bond acceptors (Lipinski definition) is 7. The molecule has 4 heterocycles. The Kier molecular flexibility index (Phi) is 5.99. The van der Waals surface area contributed by atoms with E-state index in [1.54, 1.807) is 10.8 Å². The van der Waals surface area contributed by atoms with Crippen molar-refractivity contribution in [2.75, 3.05) is 36.0 Å². The predicted molar refractivity (Wildman–Crippen MR) is 137 cm³/mol. The van der Waals surface area contributed by atoms with Crippen LogP contribution < -0.4 is 15.1 Å². The molecule has 1 N–H and O–H groups in total. The van der Waals surface area contributed by atoms with Crippen LogP contribution in [0.15, 0.2) is 76.8 Å². The fourth-order valence-corrected chi connectivity index (χ4v) is 5.97. The van der Waals surface area contributed by atoms with Gasteiger partial charge in [0.15, 0.2) is 5.65 Å². The summed E-state index contributed by atoms with van der Waals surface area (Å²) in [6.07, 6.45) is 4.16. The fourth-order valence-electron chi connectivity index (χ4n) is 4.87. The van der Waals surface area contributed by atoms with Gasteiger partial charge in [-0.1, -0.05) is 36.0 Å². The van der Waals surface area contributed by atoms with Gasteiger partial charge < -0.3 is 15.1 Å². The van der Waals surface area contributed by atoms with E-state index in [2.05, 4.69) is 78.9 Å². The van der Waals surface area contributed by atoms with Crippen LogP contribution in [0.2, 0.25) is 0 Å². The van der Waals surface area contributed by atoms with Crippen LogP contribution in [-0.4, -0.2) is 51.9 Å². The van der Waals surface area contributed by atoms with Gasteiger partial charge in [0.05, 0.1) is 11.4 Å². The molecule has 2 aromatic heterocycles. The molecule has 2 aliphatic heterocycles. The van der Waals surface area contributed by atoms with E-state index in [1.165, 1.54) is 21.2 Å². The first kappa shape index (κ1) is 21.9. The third kappa shape index (κ3) is 4.43. The van der Waals surface area contributed by atoms with Gasteiger partial charge in [-0.15, -0.1) is 15.3 Å². The second kappa shape index (κ2) is 9.58. The fraction of sp³-hybridized carbons (Fsp3) is 0.308. The van der Waals surface area contributed by atoms with Gasteiger partial charge in [-0.25, -0.2) is 0 Å². The number of carbonyl (C=O) groups excluding carboxylic acids is 1. The first-order valence-electron chi connectivity index (χ1n) is 12.1. The Bertz CT molecular complexity index is 1300. The maximum atomic E-state index is 12.8. The predicted octanol–water partition coefficient (Wildman–Crippen LogP) is 4.15. The van der Waals surface area contributed by atoms with Crippen molar-refractivity contribution in [3.8, 4) is 0 Å². The molecule has 2 aliphatic rings. The van der Waals surface area contributed by atoms with Crippen LogP contribution in [0.4, 0.5) is 17.2 Å². The molecule has 1 amide bonds. The number of rotatable bonds is 6. The third-order valence-electron chi connectivity index (χ3n) is 6.73. The topological polar surface area (TPSA) is 78.7 Å². The van der Waals surface area contributed by atoms with E-state index in [9.17, 15) is 4.79 Å². The van der Waals surface area contributed by atoms with Crippen LogP contribution in [0, 0.1) is 5.92 Å². The van der Waals surface area contributed by atoms with Crippen LogP contribution in [0.5, 0.6) is 0 Å². The molecular weight excluding hydrogens is 458 g/mol. The first-order valence-corrected chi connectivity index (χ1v) is 12.9. The van der Waals surface area contributed by atoms with Gasteiger partial charge in [0, 0.05) is 41.9 Å². The van der Waals surface area contributed by atoms with Crippen LogP contribution in [0.3, 0.4) is 0 Å². The van der Waals surface area contributed by atoms with Gasteiger partial charge in [-0.3, -0.25) is 4.79 Å². The number of para-hydroxylation sites is 2. The molecule has 0 radical (unpaired) electrons. The Morgan fingerprint density at radius 3 is 2.43 bits per heavy atom. The number of nitrogens with zero attached hydrogens (tertiary/aromatic N) is 6. The average Bonchev–Trinajstić information content (AvgIpc) is 3.38. The minimum atomic E-state index is 0.0535. The normalized spacial score (nSPS) is 15.7. The number of fused-ring (bicyclic) bond motifs is 3. The zero-order valence-electron chi connectivity index (χ0n) is 19.4. The molecule has 4 aromatic rings. The van der Waals surface area contributed by atoms with Gasteiger partial charge in [-0.2, -0.15) is 4.52 Å². The molecule has 0 unspecified atom stereocenters. The van der Waals surface area contributed by atoms with Crippen molar-refractivity contribution in [3.63, 3.8) is 0 Å². The van der Waals surface area contributed by atoms with E-state index in [0.717, 1.165) is 50.4 Å². The lowest BCUT2D eigenvalue weighted by Crippen LogP contribution is -2.41. The van der Waals surface area contributed by atoms with E-state index in [4.69, 9.17) is 0 Å². The molecule has 0 bridgehead atoms. The quantitative estimate of drug-likeness (QED) is 0.411. The van der Waals surface area contributed by atoms with E-state index in [1.807, 2.05) is 23.9 Å². The molecule has 1 fully saturated rings. The van der Waals surface area contributed by atoms with Crippen LogP contribution >= 0.6 is 11.8 Å². The summed E-state index contributed by atoms with van der Waals surface area (Å²) in [6.45, 7) is 3.18. The molecule has 178 valence electrons. The highest BCUT2D eigenvalue weighted by atomic mass is 32.2. The summed E-state index contributed by atoms with van der Waals surface area (Å²) >= 11 is 1.82. The molecule has 0 saturated carbocycles. The number of amides is 1. The van der Waals surface area contributed by atoms with Crippen molar-refractivity contribution < 1.29 is 4.79 Å². The zero-order valence-corrected chi connectivity index (χ0v) is 20.2. The Morgan fingerprint density at radius 1 is 0.971 bits per heavy atom. The molecule has 1 saturated heterocycles. The number of aromatic nitrogens is 4. The summed E-state index contributed by atoms with van der Waals surface area (Å²) in [6, 6.07) is 21.0. The maximum Gasteiger partial charge on any atom is 0.223 e. The number of hydrogen-bond donors (Lipinski definition) is 1. The summed E-state index contributed by atoms with van der Waals surface area (Å²) in [5.74, 6) is 1.12. The molecule has 9 heteroatoms. The van der Waals surface area contributed by atoms with Crippen LogP contribution in [-0.2, 0) is 4.79 Å². The summed E-state index contributed by atoms with van der Waals surface area (Å²) in [4.78, 5) is 20.0.